The lowest BCUT2D eigenvalue weighted by atomic mass is 10.1. The number of nitrogens with one attached hydrogen (secondary N) is 1. The molecule has 0 aliphatic carbocycles. The molecule has 0 aromatic heterocycles. The van der Waals surface area contributed by atoms with E-state index < -0.39 is 6.10 Å². The molecule has 1 aromatic carbocycles. The highest BCUT2D eigenvalue weighted by Gasteiger charge is 2.29. The van der Waals surface area contributed by atoms with E-state index in [0.29, 0.717) is 20.5 Å². The normalized spacial score (nSPS) is 25.6. The first-order chi connectivity index (χ1) is 11.5. The molecule has 2 saturated heterocycles. The molecule has 2 N–H and O–H groups in total. The molecule has 2 heterocycles. The summed E-state index contributed by atoms with van der Waals surface area (Å²) in [6.45, 7) is 0. The molecule has 0 spiro atoms. The summed E-state index contributed by atoms with van der Waals surface area (Å²) < 4.78 is 0.537. The van der Waals surface area contributed by atoms with Crippen LogP contribution >= 0.6 is 35.7 Å². The van der Waals surface area contributed by atoms with Crippen LogP contribution in [0.15, 0.2) is 29.2 Å². The maximum atomic E-state index is 12.2. The van der Waals surface area contributed by atoms with Gasteiger partial charge in [0.1, 0.15) is 4.32 Å². The number of carbonyl (C=O) groups excluding carboxylic acids is 2. The molecule has 0 bridgehead atoms. The summed E-state index contributed by atoms with van der Waals surface area (Å²) >= 11 is 7.99. The SMILES string of the molecule is CN1C(=O)/C(=C/c2ccc(C(=O)N[C@@H]3CSC[C@@H]3O)cc2)SC1=S. The molecule has 1 aromatic rings. The topological polar surface area (TPSA) is 69.6 Å². The fourth-order valence-corrected chi connectivity index (χ4v) is 4.71. The lowest BCUT2D eigenvalue weighted by Crippen LogP contribution is -2.42. The van der Waals surface area contributed by atoms with E-state index in [1.54, 1.807) is 49.2 Å². The van der Waals surface area contributed by atoms with Gasteiger partial charge in [0.15, 0.2) is 0 Å². The lowest BCUT2D eigenvalue weighted by Gasteiger charge is -2.15. The minimum atomic E-state index is -0.491. The molecule has 126 valence electrons. The average Bonchev–Trinajstić information content (AvgIpc) is 3.07. The molecule has 3 rings (SSSR count). The van der Waals surface area contributed by atoms with Crippen LogP contribution in [0.1, 0.15) is 15.9 Å². The Balaban J connectivity index is 1.68. The zero-order valence-electron chi connectivity index (χ0n) is 12.9. The summed E-state index contributed by atoms with van der Waals surface area (Å²) in [6, 6.07) is 6.80. The van der Waals surface area contributed by atoms with Crippen molar-refractivity contribution in [2.24, 2.45) is 0 Å². The van der Waals surface area contributed by atoms with E-state index >= 15 is 0 Å². The summed E-state index contributed by atoms with van der Waals surface area (Å²) in [4.78, 5) is 26.2. The second-order valence-corrected chi connectivity index (χ2v) is 8.30. The van der Waals surface area contributed by atoms with Crippen molar-refractivity contribution in [1.82, 2.24) is 10.2 Å². The minimum Gasteiger partial charge on any atom is -0.390 e. The predicted molar refractivity (Wildman–Crippen MR) is 102 cm³/mol. The average molecular weight is 381 g/mol. The van der Waals surface area contributed by atoms with Crippen molar-refractivity contribution in [3.8, 4) is 0 Å². The minimum absolute atomic E-state index is 0.112. The number of aliphatic hydroxyl groups excluding tert-OH is 1. The Morgan fingerprint density at radius 2 is 2.08 bits per heavy atom. The van der Waals surface area contributed by atoms with Crippen molar-refractivity contribution in [3.05, 3.63) is 40.3 Å². The van der Waals surface area contributed by atoms with Gasteiger partial charge in [-0.25, -0.2) is 0 Å². The highest BCUT2D eigenvalue weighted by molar-refractivity contribution is 8.26. The first kappa shape index (κ1) is 17.5. The van der Waals surface area contributed by atoms with Crippen LogP contribution in [-0.2, 0) is 4.79 Å². The molecule has 2 fully saturated rings. The van der Waals surface area contributed by atoms with Gasteiger partial charge in [0.05, 0.1) is 17.1 Å². The van der Waals surface area contributed by atoms with E-state index in [9.17, 15) is 14.7 Å². The van der Waals surface area contributed by atoms with Gasteiger partial charge in [0, 0.05) is 24.1 Å². The fraction of sp³-hybridized carbons (Fsp3) is 0.312. The zero-order chi connectivity index (χ0) is 17.3. The van der Waals surface area contributed by atoms with Crippen molar-refractivity contribution in [2.45, 2.75) is 12.1 Å². The van der Waals surface area contributed by atoms with Crippen molar-refractivity contribution >= 4 is 58.0 Å². The third kappa shape index (κ3) is 3.66. The monoisotopic (exact) mass is 380 g/mol. The zero-order valence-corrected chi connectivity index (χ0v) is 15.3. The third-order valence-electron chi connectivity index (χ3n) is 3.82. The summed E-state index contributed by atoms with van der Waals surface area (Å²) in [6.07, 6.45) is 1.27. The van der Waals surface area contributed by atoms with E-state index in [2.05, 4.69) is 5.32 Å². The Hall–Kier alpha value is -1.35. The van der Waals surface area contributed by atoms with Crippen LogP contribution in [-0.4, -0.2) is 56.8 Å². The van der Waals surface area contributed by atoms with Crippen molar-refractivity contribution in [1.29, 1.82) is 0 Å². The van der Waals surface area contributed by atoms with Crippen LogP contribution < -0.4 is 5.32 Å². The van der Waals surface area contributed by atoms with Gasteiger partial charge >= 0.3 is 0 Å². The largest absolute Gasteiger partial charge is 0.390 e. The van der Waals surface area contributed by atoms with Gasteiger partial charge in [-0.15, -0.1) is 0 Å². The van der Waals surface area contributed by atoms with Crippen LogP contribution in [0.25, 0.3) is 6.08 Å². The van der Waals surface area contributed by atoms with Gasteiger partial charge in [0.25, 0.3) is 11.8 Å². The first-order valence-corrected chi connectivity index (χ1v) is 9.72. The van der Waals surface area contributed by atoms with Gasteiger partial charge in [-0.3, -0.25) is 14.5 Å². The number of thioether (sulfide) groups is 2. The number of rotatable bonds is 3. The van der Waals surface area contributed by atoms with Crippen LogP contribution in [0.4, 0.5) is 0 Å². The summed E-state index contributed by atoms with van der Waals surface area (Å²) in [5.74, 6) is 1.07. The van der Waals surface area contributed by atoms with Crippen LogP contribution in [0.2, 0.25) is 0 Å². The number of benzene rings is 1. The van der Waals surface area contributed by atoms with E-state index in [0.717, 1.165) is 11.3 Å². The second kappa shape index (κ2) is 7.26. The standard InChI is InChI=1S/C16H16N2O3S3/c1-18-15(21)13(24-16(18)22)6-9-2-4-10(5-3-9)14(20)17-11-7-23-8-12(11)19/h2-6,11-12,19H,7-8H2,1H3,(H,17,20)/b13-6-/t11-,12+/m1/s1. The van der Waals surface area contributed by atoms with Crippen molar-refractivity contribution in [2.75, 3.05) is 18.6 Å². The summed E-state index contributed by atoms with van der Waals surface area (Å²) in [5, 5.41) is 12.6. The molecule has 2 aliphatic heterocycles. The lowest BCUT2D eigenvalue weighted by molar-refractivity contribution is -0.121. The molecule has 8 heteroatoms. The number of thiocarbonyl (C=S) groups is 1. The smallest absolute Gasteiger partial charge is 0.265 e. The number of amides is 2. The van der Waals surface area contributed by atoms with E-state index in [4.69, 9.17) is 12.2 Å². The summed E-state index contributed by atoms with van der Waals surface area (Å²) in [7, 11) is 1.65. The van der Waals surface area contributed by atoms with Crippen LogP contribution in [0, 0.1) is 0 Å². The van der Waals surface area contributed by atoms with Gasteiger partial charge < -0.3 is 10.4 Å². The van der Waals surface area contributed by atoms with Crippen molar-refractivity contribution < 1.29 is 14.7 Å². The Kier molecular flexibility index (Phi) is 5.29. The molecule has 24 heavy (non-hydrogen) atoms. The fourth-order valence-electron chi connectivity index (χ4n) is 2.36. The Labute approximate surface area is 153 Å². The highest BCUT2D eigenvalue weighted by atomic mass is 32.2. The summed E-state index contributed by atoms with van der Waals surface area (Å²) in [5.41, 5.74) is 1.36. The quantitative estimate of drug-likeness (QED) is 0.615. The van der Waals surface area contributed by atoms with Gasteiger partial charge in [-0.2, -0.15) is 11.8 Å². The van der Waals surface area contributed by atoms with Gasteiger partial charge in [-0.05, 0) is 23.8 Å². The first-order valence-electron chi connectivity index (χ1n) is 7.34. The number of hydrogen-bond acceptors (Lipinski definition) is 6. The maximum Gasteiger partial charge on any atom is 0.265 e. The maximum absolute atomic E-state index is 12.2. The molecule has 0 radical (unpaired) electrons. The molecule has 0 unspecified atom stereocenters. The van der Waals surface area contributed by atoms with Crippen LogP contribution in [0.5, 0.6) is 0 Å². The van der Waals surface area contributed by atoms with Gasteiger partial charge in [0.2, 0.25) is 0 Å². The molecule has 2 atom stereocenters. The number of aliphatic hydroxyl groups is 1. The Morgan fingerprint density at radius 3 is 2.62 bits per heavy atom. The molecule has 2 amide bonds. The number of hydrogen-bond donors (Lipinski definition) is 2. The molecule has 2 aliphatic rings. The highest BCUT2D eigenvalue weighted by Crippen LogP contribution is 2.31. The predicted octanol–water partition coefficient (Wildman–Crippen LogP) is 1.72. The molecule has 5 nitrogen and oxygen atoms in total. The molecule has 0 saturated carbocycles. The number of carbonyl (C=O) groups is 2. The molecular weight excluding hydrogens is 364 g/mol. The van der Waals surface area contributed by atoms with E-state index in [1.165, 1.54) is 16.7 Å². The van der Waals surface area contributed by atoms with Crippen LogP contribution in [0.3, 0.4) is 0 Å². The Morgan fingerprint density at radius 1 is 1.38 bits per heavy atom. The molecular formula is C16H16N2O3S3. The number of likely N-dealkylation sites (N-methyl/N-ethyl adjacent to an activating group) is 1. The number of nitrogens with zero attached hydrogens (tertiary/aromatic N) is 1. The van der Waals surface area contributed by atoms with Gasteiger partial charge in [-0.1, -0.05) is 36.1 Å². The van der Waals surface area contributed by atoms with E-state index in [1.807, 2.05) is 0 Å². The third-order valence-corrected chi connectivity index (χ3v) is 6.48. The second-order valence-electron chi connectivity index (χ2n) is 5.55. The Bertz CT molecular complexity index is 718. The van der Waals surface area contributed by atoms with E-state index in [-0.39, 0.29) is 17.9 Å². The van der Waals surface area contributed by atoms with Crippen molar-refractivity contribution in [3.63, 3.8) is 0 Å².